The zero-order valence-corrected chi connectivity index (χ0v) is 16.2. The van der Waals surface area contributed by atoms with Gasteiger partial charge in [0.05, 0.1) is 11.8 Å². The Morgan fingerprint density at radius 3 is 2.43 bits per heavy atom. The van der Waals surface area contributed by atoms with Gasteiger partial charge in [-0.1, -0.05) is 30.3 Å². The number of rotatable bonds is 7. The normalized spacial score (nSPS) is 11.4. The highest BCUT2D eigenvalue weighted by atomic mass is 19.4. The van der Waals surface area contributed by atoms with Crippen LogP contribution in [0.2, 0.25) is 0 Å². The number of nitrogens with one attached hydrogen (secondary N) is 1. The zero-order valence-electron chi connectivity index (χ0n) is 16.2. The maximum atomic E-state index is 14.0. The molecule has 1 aromatic heterocycles. The standard InChI is InChI=1S/C21H20F4N4O/c1-28(15-8-3-2-4-9-15)13-7-12-26-20(30)16-14-27-29(19(16)21(23,24)25)18-11-6-5-10-17(18)22/h2-6,8-11,14H,7,12-13H2,1H3,(H,26,30). The molecule has 1 amide bonds. The Morgan fingerprint density at radius 1 is 1.10 bits per heavy atom. The number of hydrogen-bond donors (Lipinski definition) is 1. The molecule has 5 nitrogen and oxygen atoms in total. The van der Waals surface area contributed by atoms with Gasteiger partial charge in [0.25, 0.3) is 5.91 Å². The number of benzene rings is 2. The van der Waals surface area contributed by atoms with Gasteiger partial charge in [0.2, 0.25) is 0 Å². The van der Waals surface area contributed by atoms with E-state index in [9.17, 15) is 22.4 Å². The Hall–Kier alpha value is -3.36. The van der Waals surface area contributed by atoms with Crippen molar-refractivity contribution in [1.82, 2.24) is 15.1 Å². The molecule has 1 N–H and O–H groups in total. The number of alkyl halides is 3. The van der Waals surface area contributed by atoms with Gasteiger partial charge in [0.15, 0.2) is 5.69 Å². The summed E-state index contributed by atoms with van der Waals surface area (Å²) >= 11 is 0. The first kappa shape index (κ1) is 21.4. The van der Waals surface area contributed by atoms with Crippen LogP contribution in [0.5, 0.6) is 0 Å². The second kappa shape index (κ2) is 8.98. The Morgan fingerprint density at radius 2 is 1.77 bits per heavy atom. The molecule has 0 fully saturated rings. The molecule has 30 heavy (non-hydrogen) atoms. The highest BCUT2D eigenvalue weighted by molar-refractivity contribution is 5.95. The van der Waals surface area contributed by atoms with Crippen molar-refractivity contribution < 1.29 is 22.4 Å². The number of nitrogens with zero attached hydrogens (tertiary/aromatic N) is 3. The molecule has 0 aliphatic rings. The predicted octanol–water partition coefficient (Wildman–Crippen LogP) is 4.29. The van der Waals surface area contributed by atoms with Gasteiger partial charge in [-0.05, 0) is 30.7 Å². The molecule has 0 radical (unpaired) electrons. The number of carbonyl (C=O) groups is 1. The smallest absolute Gasteiger partial charge is 0.375 e. The van der Waals surface area contributed by atoms with Crippen molar-refractivity contribution in [3.63, 3.8) is 0 Å². The largest absolute Gasteiger partial charge is 0.434 e. The van der Waals surface area contributed by atoms with Gasteiger partial charge in [-0.25, -0.2) is 9.07 Å². The van der Waals surface area contributed by atoms with Crippen LogP contribution in [0.15, 0.2) is 60.8 Å². The molecular weight excluding hydrogens is 400 g/mol. The monoisotopic (exact) mass is 420 g/mol. The van der Waals surface area contributed by atoms with Crippen LogP contribution >= 0.6 is 0 Å². The fraction of sp³-hybridized carbons (Fsp3) is 0.238. The number of para-hydroxylation sites is 2. The van der Waals surface area contributed by atoms with E-state index in [1.54, 1.807) is 0 Å². The number of amides is 1. The summed E-state index contributed by atoms with van der Waals surface area (Å²) in [6.45, 7) is 0.781. The van der Waals surface area contributed by atoms with Crippen molar-refractivity contribution in [2.24, 2.45) is 0 Å². The van der Waals surface area contributed by atoms with Gasteiger partial charge in [-0.15, -0.1) is 0 Å². The predicted molar refractivity (Wildman–Crippen MR) is 105 cm³/mol. The van der Waals surface area contributed by atoms with Crippen LogP contribution in [0.25, 0.3) is 5.69 Å². The van der Waals surface area contributed by atoms with Crippen molar-refractivity contribution in [2.45, 2.75) is 12.6 Å². The highest BCUT2D eigenvalue weighted by Gasteiger charge is 2.40. The summed E-state index contributed by atoms with van der Waals surface area (Å²) in [7, 11) is 1.89. The fourth-order valence-corrected chi connectivity index (χ4v) is 3.02. The van der Waals surface area contributed by atoms with Crippen LogP contribution in [-0.4, -0.2) is 35.8 Å². The molecule has 9 heteroatoms. The molecule has 0 saturated heterocycles. The molecule has 0 saturated carbocycles. The first-order chi connectivity index (χ1) is 14.3. The van der Waals surface area contributed by atoms with E-state index in [-0.39, 0.29) is 12.2 Å². The summed E-state index contributed by atoms with van der Waals surface area (Å²) in [4.78, 5) is 14.4. The van der Waals surface area contributed by atoms with Gasteiger partial charge >= 0.3 is 6.18 Å². The van der Waals surface area contributed by atoms with Crippen molar-refractivity contribution in [1.29, 1.82) is 0 Å². The van der Waals surface area contributed by atoms with Crippen molar-refractivity contribution in [3.05, 3.63) is 77.9 Å². The van der Waals surface area contributed by atoms with Crippen LogP contribution in [0.1, 0.15) is 22.5 Å². The van der Waals surface area contributed by atoms with E-state index in [0.29, 0.717) is 17.6 Å². The Labute approximate surface area is 170 Å². The number of aromatic nitrogens is 2. The second-order valence-electron chi connectivity index (χ2n) is 6.63. The third-order valence-corrected chi connectivity index (χ3v) is 4.52. The lowest BCUT2D eigenvalue weighted by Crippen LogP contribution is -2.30. The minimum Gasteiger partial charge on any atom is -0.375 e. The molecule has 0 atom stereocenters. The first-order valence-corrected chi connectivity index (χ1v) is 9.23. The van der Waals surface area contributed by atoms with Crippen molar-refractivity contribution in [3.8, 4) is 5.69 Å². The maximum Gasteiger partial charge on any atom is 0.434 e. The average Bonchev–Trinajstić information content (AvgIpc) is 3.17. The molecule has 0 spiro atoms. The van der Waals surface area contributed by atoms with Gasteiger partial charge in [-0.2, -0.15) is 18.3 Å². The van der Waals surface area contributed by atoms with Crippen LogP contribution in [-0.2, 0) is 6.18 Å². The third-order valence-electron chi connectivity index (χ3n) is 4.52. The quantitative estimate of drug-likeness (QED) is 0.458. The zero-order chi connectivity index (χ0) is 21.7. The lowest BCUT2D eigenvalue weighted by atomic mass is 10.2. The molecule has 0 bridgehead atoms. The third kappa shape index (κ3) is 4.79. The lowest BCUT2D eigenvalue weighted by molar-refractivity contribution is -0.143. The Balaban J connectivity index is 1.69. The van der Waals surface area contributed by atoms with Crippen molar-refractivity contribution in [2.75, 3.05) is 25.0 Å². The van der Waals surface area contributed by atoms with Gasteiger partial charge in [-0.3, -0.25) is 4.79 Å². The van der Waals surface area contributed by atoms with Crippen LogP contribution in [0, 0.1) is 5.82 Å². The molecule has 1 heterocycles. The molecule has 3 aromatic rings. The second-order valence-corrected chi connectivity index (χ2v) is 6.63. The average molecular weight is 420 g/mol. The molecule has 2 aromatic carbocycles. The minimum absolute atomic E-state index is 0.179. The van der Waals surface area contributed by atoms with E-state index >= 15 is 0 Å². The number of halogens is 4. The van der Waals surface area contributed by atoms with E-state index in [0.717, 1.165) is 18.0 Å². The van der Waals surface area contributed by atoms with E-state index < -0.39 is 29.2 Å². The summed E-state index contributed by atoms with van der Waals surface area (Å²) < 4.78 is 55.3. The highest BCUT2D eigenvalue weighted by Crippen LogP contribution is 2.34. The van der Waals surface area contributed by atoms with E-state index in [4.69, 9.17) is 0 Å². The molecule has 3 rings (SSSR count). The SMILES string of the molecule is CN(CCCNC(=O)c1cnn(-c2ccccc2F)c1C(F)(F)F)c1ccccc1. The topological polar surface area (TPSA) is 50.2 Å². The molecule has 0 aliphatic heterocycles. The van der Waals surface area contributed by atoms with E-state index in [1.807, 2.05) is 42.3 Å². The summed E-state index contributed by atoms with van der Waals surface area (Å²) in [5.74, 6) is -1.78. The summed E-state index contributed by atoms with van der Waals surface area (Å²) in [5.41, 5.74) is -1.35. The summed E-state index contributed by atoms with van der Waals surface area (Å²) in [6.07, 6.45) is -3.56. The Kier molecular flexibility index (Phi) is 6.39. The number of hydrogen-bond acceptors (Lipinski definition) is 3. The first-order valence-electron chi connectivity index (χ1n) is 9.23. The number of anilines is 1. The number of carbonyl (C=O) groups excluding carboxylic acids is 1. The molecular formula is C21H20F4N4O. The lowest BCUT2D eigenvalue weighted by Gasteiger charge is -2.19. The van der Waals surface area contributed by atoms with Gasteiger partial charge < -0.3 is 10.2 Å². The van der Waals surface area contributed by atoms with Gasteiger partial charge in [0, 0.05) is 25.8 Å². The van der Waals surface area contributed by atoms with Crippen LogP contribution in [0.4, 0.5) is 23.2 Å². The summed E-state index contributed by atoms with van der Waals surface area (Å²) in [6, 6.07) is 14.5. The minimum atomic E-state index is -4.89. The Bertz CT molecular complexity index is 1000. The van der Waals surface area contributed by atoms with Crippen LogP contribution in [0.3, 0.4) is 0 Å². The van der Waals surface area contributed by atoms with Crippen LogP contribution < -0.4 is 10.2 Å². The van der Waals surface area contributed by atoms with E-state index in [2.05, 4.69) is 10.4 Å². The molecule has 0 unspecified atom stereocenters. The van der Waals surface area contributed by atoms with Gasteiger partial charge in [0.1, 0.15) is 11.5 Å². The van der Waals surface area contributed by atoms with E-state index in [1.165, 1.54) is 18.2 Å². The fourth-order valence-electron chi connectivity index (χ4n) is 3.02. The molecule has 158 valence electrons. The summed E-state index contributed by atoms with van der Waals surface area (Å²) in [5, 5.41) is 6.10. The molecule has 0 aliphatic carbocycles. The van der Waals surface area contributed by atoms with Crippen molar-refractivity contribution >= 4 is 11.6 Å². The maximum absolute atomic E-state index is 14.0.